The van der Waals surface area contributed by atoms with E-state index in [1.54, 1.807) is 33.5 Å². The number of piperazine rings is 1. The maximum atomic E-state index is 11.1. The summed E-state index contributed by atoms with van der Waals surface area (Å²) in [6, 6.07) is 10.7. The molecule has 1 aliphatic heterocycles. The van der Waals surface area contributed by atoms with Crippen molar-refractivity contribution < 1.29 is 19.1 Å². The van der Waals surface area contributed by atoms with Crippen molar-refractivity contribution in [3.05, 3.63) is 57.6 Å². The molecule has 0 saturated carbocycles. The molecule has 0 amide bonds. The summed E-state index contributed by atoms with van der Waals surface area (Å²) in [5.41, 5.74) is 2.11. The van der Waals surface area contributed by atoms with E-state index in [0.29, 0.717) is 12.3 Å². The lowest BCUT2D eigenvalue weighted by Crippen LogP contribution is -2.45. The van der Waals surface area contributed by atoms with Crippen molar-refractivity contribution >= 4 is 5.69 Å². The van der Waals surface area contributed by atoms with E-state index in [9.17, 15) is 10.1 Å². The molecule has 0 spiro atoms. The Morgan fingerprint density at radius 3 is 2.00 bits per heavy atom. The van der Waals surface area contributed by atoms with Crippen molar-refractivity contribution in [2.75, 3.05) is 47.5 Å². The molecule has 1 saturated heterocycles. The third-order valence-electron chi connectivity index (χ3n) is 5.19. The Kier molecular flexibility index (Phi) is 6.90. The fourth-order valence-corrected chi connectivity index (χ4v) is 3.59. The zero-order chi connectivity index (χ0) is 20.8. The van der Waals surface area contributed by atoms with Crippen LogP contribution in [0.25, 0.3) is 0 Å². The molecule has 1 fully saturated rings. The summed E-state index contributed by atoms with van der Waals surface area (Å²) in [6.45, 7) is 5.10. The van der Waals surface area contributed by atoms with E-state index >= 15 is 0 Å². The molecule has 0 aliphatic carbocycles. The van der Waals surface area contributed by atoms with E-state index in [1.165, 1.54) is 11.6 Å². The van der Waals surface area contributed by atoms with E-state index < -0.39 is 0 Å². The van der Waals surface area contributed by atoms with Crippen LogP contribution in [0.1, 0.15) is 11.1 Å². The van der Waals surface area contributed by atoms with Crippen molar-refractivity contribution in [2.24, 2.45) is 0 Å². The van der Waals surface area contributed by atoms with E-state index in [1.807, 2.05) is 12.1 Å². The molecular weight excluding hydrogens is 374 g/mol. The van der Waals surface area contributed by atoms with Gasteiger partial charge in [-0.15, -0.1) is 0 Å². The molecule has 2 aromatic rings. The van der Waals surface area contributed by atoms with E-state index in [4.69, 9.17) is 14.2 Å². The van der Waals surface area contributed by atoms with E-state index in [2.05, 4.69) is 15.9 Å². The Hall–Kier alpha value is -2.84. The summed E-state index contributed by atoms with van der Waals surface area (Å²) in [5, 5.41) is 11.1. The van der Waals surface area contributed by atoms with Gasteiger partial charge < -0.3 is 14.2 Å². The highest BCUT2D eigenvalue weighted by atomic mass is 16.6. The van der Waals surface area contributed by atoms with Crippen molar-refractivity contribution in [3.8, 4) is 17.2 Å². The van der Waals surface area contributed by atoms with Gasteiger partial charge in [-0.3, -0.25) is 19.9 Å². The summed E-state index contributed by atoms with van der Waals surface area (Å²) in [4.78, 5) is 15.4. The van der Waals surface area contributed by atoms with Crippen LogP contribution in [0.5, 0.6) is 17.2 Å². The SMILES string of the molecule is COc1ccc([N+](=O)[O-])cc1CN1CCN(Cc2ccc(OC)c(OC)c2)CC1. The number of non-ortho nitro benzene ring substituents is 1. The maximum Gasteiger partial charge on any atom is 0.270 e. The number of hydrogen-bond donors (Lipinski definition) is 0. The molecule has 8 heteroatoms. The van der Waals surface area contributed by atoms with Crippen LogP contribution in [0.2, 0.25) is 0 Å². The lowest BCUT2D eigenvalue weighted by Gasteiger charge is -2.35. The Morgan fingerprint density at radius 2 is 1.41 bits per heavy atom. The number of rotatable bonds is 8. The minimum Gasteiger partial charge on any atom is -0.496 e. The molecule has 0 N–H and O–H groups in total. The summed E-state index contributed by atoms with van der Waals surface area (Å²) in [5.74, 6) is 2.15. The highest BCUT2D eigenvalue weighted by Gasteiger charge is 2.20. The van der Waals surface area contributed by atoms with Gasteiger partial charge in [0, 0.05) is 57.0 Å². The lowest BCUT2D eigenvalue weighted by atomic mass is 10.1. The topological polar surface area (TPSA) is 77.3 Å². The molecule has 1 aliphatic rings. The molecule has 0 atom stereocenters. The Morgan fingerprint density at radius 1 is 0.828 bits per heavy atom. The van der Waals surface area contributed by atoms with Gasteiger partial charge in [0.15, 0.2) is 11.5 Å². The third-order valence-corrected chi connectivity index (χ3v) is 5.19. The number of nitrogens with zero attached hydrogens (tertiary/aromatic N) is 3. The third kappa shape index (κ3) is 5.16. The van der Waals surface area contributed by atoms with Gasteiger partial charge in [-0.2, -0.15) is 0 Å². The summed E-state index contributed by atoms with van der Waals surface area (Å²) in [6.07, 6.45) is 0. The van der Waals surface area contributed by atoms with E-state index in [-0.39, 0.29) is 10.6 Å². The van der Waals surface area contributed by atoms with Crippen molar-refractivity contribution in [3.63, 3.8) is 0 Å². The average molecular weight is 401 g/mol. The van der Waals surface area contributed by atoms with Gasteiger partial charge >= 0.3 is 0 Å². The number of methoxy groups -OCH3 is 3. The first-order valence-corrected chi connectivity index (χ1v) is 9.51. The summed E-state index contributed by atoms with van der Waals surface area (Å²) >= 11 is 0. The number of ether oxygens (including phenoxy) is 3. The quantitative estimate of drug-likeness (QED) is 0.497. The van der Waals surface area contributed by atoms with Crippen molar-refractivity contribution in [1.82, 2.24) is 9.80 Å². The summed E-state index contributed by atoms with van der Waals surface area (Å²) < 4.78 is 16.1. The Labute approximate surface area is 170 Å². The monoisotopic (exact) mass is 401 g/mol. The van der Waals surface area contributed by atoms with Gasteiger partial charge in [-0.05, 0) is 23.8 Å². The smallest absolute Gasteiger partial charge is 0.270 e. The fourth-order valence-electron chi connectivity index (χ4n) is 3.59. The van der Waals surface area contributed by atoms with Crippen LogP contribution in [0, 0.1) is 10.1 Å². The van der Waals surface area contributed by atoms with Crippen LogP contribution in [-0.2, 0) is 13.1 Å². The molecule has 0 unspecified atom stereocenters. The van der Waals surface area contributed by atoms with Crippen molar-refractivity contribution in [2.45, 2.75) is 13.1 Å². The highest BCUT2D eigenvalue weighted by molar-refractivity contribution is 5.44. The standard InChI is InChI=1S/C21H27N3O5/c1-27-19-7-5-18(24(25)26)13-17(19)15-23-10-8-22(9-11-23)14-16-4-6-20(28-2)21(12-16)29-3/h4-7,12-13H,8-11,14-15H2,1-3H3. The van der Waals surface area contributed by atoms with Crippen LogP contribution in [0.15, 0.2) is 36.4 Å². The molecule has 0 aromatic heterocycles. The minimum atomic E-state index is -0.371. The van der Waals surface area contributed by atoms with E-state index in [0.717, 1.165) is 49.8 Å². The predicted octanol–water partition coefficient (Wildman–Crippen LogP) is 2.94. The second-order valence-electron chi connectivity index (χ2n) is 6.99. The fraction of sp³-hybridized carbons (Fsp3) is 0.429. The molecule has 2 aromatic carbocycles. The molecule has 0 radical (unpaired) electrons. The maximum absolute atomic E-state index is 11.1. The number of hydrogen-bond acceptors (Lipinski definition) is 7. The summed E-state index contributed by atoms with van der Waals surface area (Å²) in [7, 11) is 4.86. The first-order valence-electron chi connectivity index (χ1n) is 9.51. The van der Waals surface area contributed by atoms with Crippen LogP contribution in [0.3, 0.4) is 0 Å². The van der Waals surface area contributed by atoms with Gasteiger partial charge in [-0.25, -0.2) is 0 Å². The normalized spacial score (nSPS) is 15.1. The zero-order valence-corrected chi connectivity index (χ0v) is 17.1. The molecule has 8 nitrogen and oxygen atoms in total. The van der Waals surface area contributed by atoms with Crippen LogP contribution < -0.4 is 14.2 Å². The minimum absolute atomic E-state index is 0.0906. The molecule has 29 heavy (non-hydrogen) atoms. The van der Waals surface area contributed by atoms with Gasteiger partial charge in [0.2, 0.25) is 0 Å². The number of nitro groups is 1. The lowest BCUT2D eigenvalue weighted by molar-refractivity contribution is -0.385. The molecule has 3 rings (SSSR count). The largest absolute Gasteiger partial charge is 0.496 e. The zero-order valence-electron chi connectivity index (χ0n) is 17.1. The second kappa shape index (κ2) is 9.58. The van der Waals surface area contributed by atoms with Gasteiger partial charge in [0.05, 0.1) is 26.3 Å². The Bertz CT molecular complexity index is 850. The first kappa shape index (κ1) is 20.9. The van der Waals surface area contributed by atoms with Gasteiger partial charge in [0.25, 0.3) is 5.69 Å². The molecule has 1 heterocycles. The van der Waals surface area contributed by atoms with Gasteiger partial charge in [-0.1, -0.05) is 6.07 Å². The second-order valence-corrected chi connectivity index (χ2v) is 6.99. The molecule has 156 valence electrons. The molecule has 0 bridgehead atoms. The van der Waals surface area contributed by atoms with Gasteiger partial charge in [0.1, 0.15) is 5.75 Å². The van der Waals surface area contributed by atoms with Crippen LogP contribution >= 0.6 is 0 Å². The number of benzene rings is 2. The average Bonchev–Trinajstić information content (AvgIpc) is 2.74. The number of nitro benzene ring substituents is 1. The highest BCUT2D eigenvalue weighted by Crippen LogP contribution is 2.29. The predicted molar refractivity (Wildman–Crippen MR) is 110 cm³/mol. The first-order chi connectivity index (χ1) is 14.0. The van der Waals surface area contributed by atoms with Crippen LogP contribution in [-0.4, -0.2) is 62.2 Å². The van der Waals surface area contributed by atoms with Crippen molar-refractivity contribution in [1.29, 1.82) is 0 Å². The molecular formula is C21H27N3O5. The Balaban J connectivity index is 1.58. The van der Waals surface area contributed by atoms with Crippen LogP contribution in [0.4, 0.5) is 5.69 Å².